The van der Waals surface area contributed by atoms with Crippen molar-refractivity contribution < 1.29 is 14.6 Å². The lowest BCUT2D eigenvalue weighted by Crippen LogP contribution is -2.49. The molecule has 4 nitrogen and oxygen atoms in total. The number of nitrogens with one attached hydrogen (secondary N) is 1. The molecule has 0 saturated heterocycles. The van der Waals surface area contributed by atoms with Crippen molar-refractivity contribution >= 4 is 5.97 Å². The summed E-state index contributed by atoms with van der Waals surface area (Å²) in [7, 11) is 0. The molecule has 1 atom stereocenters. The molecule has 0 rings (SSSR count). The first-order chi connectivity index (χ1) is 9.56. The summed E-state index contributed by atoms with van der Waals surface area (Å²) in [6.07, 6.45) is 8.33. The second kappa shape index (κ2) is 12.2. The number of carbonyl (C=O) groups is 1. The van der Waals surface area contributed by atoms with Gasteiger partial charge < -0.3 is 15.2 Å². The zero-order valence-corrected chi connectivity index (χ0v) is 13.5. The number of hydrogen-bond donors (Lipinski definition) is 2. The van der Waals surface area contributed by atoms with Crippen molar-refractivity contribution in [3.05, 3.63) is 0 Å². The first-order valence-electron chi connectivity index (χ1n) is 8.13. The smallest absolute Gasteiger partial charge is 0.323 e. The molecule has 4 heteroatoms. The van der Waals surface area contributed by atoms with E-state index in [0.717, 1.165) is 45.4 Å². The molecule has 0 fully saturated rings. The SMILES string of the molecule is CCCCCCOCCCCC(C)(NCCC)C(=O)O. The van der Waals surface area contributed by atoms with E-state index in [2.05, 4.69) is 12.2 Å². The quantitative estimate of drug-likeness (QED) is 0.479. The molecule has 0 saturated carbocycles. The van der Waals surface area contributed by atoms with Crippen LogP contribution in [-0.2, 0) is 9.53 Å². The number of ether oxygens (including phenoxy) is 1. The van der Waals surface area contributed by atoms with E-state index in [0.29, 0.717) is 6.42 Å². The molecule has 0 aromatic rings. The van der Waals surface area contributed by atoms with Crippen molar-refractivity contribution in [1.29, 1.82) is 0 Å². The lowest BCUT2D eigenvalue weighted by atomic mass is 9.95. The van der Waals surface area contributed by atoms with Crippen LogP contribution in [0.1, 0.15) is 72.1 Å². The molecule has 0 aromatic heterocycles. The number of unbranched alkanes of at least 4 members (excludes halogenated alkanes) is 4. The van der Waals surface area contributed by atoms with Crippen LogP contribution in [0.2, 0.25) is 0 Å². The van der Waals surface area contributed by atoms with Crippen LogP contribution in [0.15, 0.2) is 0 Å². The fourth-order valence-electron chi connectivity index (χ4n) is 2.09. The van der Waals surface area contributed by atoms with Gasteiger partial charge in [0.05, 0.1) is 0 Å². The minimum absolute atomic E-state index is 0.654. The average molecular weight is 287 g/mol. The molecule has 0 radical (unpaired) electrons. The summed E-state index contributed by atoms with van der Waals surface area (Å²) in [6, 6.07) is 0. The lowest BCUT2D eigenvalue weighted by Gasteiger charge is -2.26. The van der Waals surface area contributed by atoms with E-state index in [1.54, 1.807) is 6.92 Å². The Bertz CT molecular complexity index is 246. The monoisotopic (exact) mass is 287 g/mol. The third-order valence-corrected chi connectivity index (χ3v) is 3.59. The summed E-state index contributed by atoms with van der Waals surface area (Å²) >= 11 is 0. The van der Waals surface area contributed by atoms with E-state index >= 15 is 0 Å². The largest absolute Gasteiger partial charge is 0.480 e. The summed E-state index contributed by atoms with van der Waals surface area (Å²) < 4.78 is 5.57. The Morgan fingerprint density at radius 1 is 1.05 bits per heavy atom. The van der Waals surface area contributed by atoms with Crippen LogP contribution in [0.25, 0.3) is 0 Å². The molecule has 0 aliphatic heterocycles. The highest BCUT2D eigenvalue weighted by molar-refractivity contribution is 5.78. The second-order valence-electron chi connectivity index (χ2n) is 5.69. The molecule has 0 aromatic carbocycles. The predicted octanol–water partition coefficient (Wildman–Crippen LogP) is 3.60. The van der Waals surface area contributed by atoms with E-state index in [1.807, 2.05) is 6.92 Å². The molecular weight excluding hydrogens is 254 g/mol. The summed E-state index contributed by atoms with van der Waals surface area (Å²) in [5, 5.41) is 12.4. The highest BCUT2D eigenvalue weighted by Crippen LogP contribution is 2.14. The van der Waals surface area contributed by atoms with E-state index < -0.39 is 11.5 Å². The number of rotatable bonds is 14. The van der Waals surface area contributed by atoms with Gasteiger partial charge in [0.1, 0.15) is 5.54 Å². The van der Waals surface area contributed by atoms with Crippen molar-refractivity contribution in [1.82, 2.24) is 5.32 Å². The molecule has 0 aliphatic rings. The number of carboxylic acids is 1. The minimum atomic E-state index is -0.795. The number of carboxylic acid groups (broad SMARTS) is 1. The van der Waals surface area contributed by atoms with Gasteiger partial charge in [0.2, 0.25) is 0 Å². The Morgan fingerprint density at radius 3 is 2.25 bits per heavy atom. The standard InChI is InChI=1S/C16H33NO3/c1-4-6-7-9-13-20-14-10-8-11-16(3,15(18)19)17-12-5-2/h17H,4-14H2,1-3H3,(H,18,19). The van der Waals surface area contributed by atoms with Gasteiger partial charge in [-0.25, -0.2) is 0 Å². The molecule has 20 heavy (non-hydrogen) atoms. The molecule has 1 unspecified atom stereocenters. The van der Waals surface area contributed by atoms with E-state index in [9.17, 15) is 9.90 Å². The van der Waals surface area contributed by atoms with Gasteiger partial charge in [0, 0.05) is 13.2 Å². The van der Waals surface area contributed by atoms with Crippen LogP contribution in [0.4, 0.5) is 0 Å². The Balaban J connectivity index is 3.61. The molecular formula is C16H33NO3. The maximum absolute atomic E-state index is 11.3. The van der Waals surface area contributed by atoms with Crippen molar-refractivity contribution in [2.45, 2.75) is 77.7 Å². The topological polar surface area (TPSA) is 58.6 Å². The summed E-state index contributed by atoms with van der Waals surface area (Å²) in [6.45, 7) is 8.35. The van der Waals surface area contributed by atoms with Gasteiger partial charge in [-0.2, -0.15) is 0 Å². The Morgan fingerprint density at radius 2 is 1.70 bits per heavy atom. The van der Waals surface area contributed by atoms with E-state index in [4.69, 9.17) is 4.74 Å². The summed E-state index contributed by atoms with van der Waals surface area (Å²) in [4.78, 5) is 11.3. The third-order valence-electron chi connectivity index (χ3n) is 3.59. The molecule has 0 aliphatic carbocycles. The van der Waals surface area contributed by atoms with Gasteiger partial charge in [-0.05, 0) is 45.6 Å². The summed E-state index contributed by atoms with van der Waals surface area (Å²) in [5.41, 5.74) is -0.795. The Hall–Kier alpha value is -0.610. The van der Waals surface area contributed by atoms with Crippen molar-refractivity contribution in [2.75, 3.05) is 19.8 Å². The van der Waals surface area contributed by atoms with E-state index in [-0.39, 0.29) is 0 Å². The zero-order valence-electron chi connectivity index (χ0n) is 13.5. The van der Waals surface area contributed by atoms with Gasteiger partial charge in [-0.15, -0.1) is 0 Å². The highest BCUT2D eigenvalue weighted by Gasteiger charge is 2.31. The Kier molecular flexibility index (Phi) is 11.8. The number of aliphatic carboxylic acids is 1. The molecule has 2 N–H and O–H groups in total. The van der Waals surface area contributed by atoms with Crippen LogP contribution >= 0.6 is 0 Å². The Labute approximate surface area is 124 Å². The van der Waals surface area contributed by atoms with Crippen LogP contribution in [0, 0.1) is 0 Å². The molecule has 120 valence electrons. The van der Waals surface area contributed by atoms with Gasteiger partial charge in [-0.1, -0.05) is 33.1 Å². The first-order valence-corrected chi connectivity index (χ1v) is 8.13. The number of hydrogen-bond acceptors (Lipinski definition) is 3. The van der Waals surface area contributed by atoms with Gasteiger partial charge >= 0.3 is 5.97 Å². The molecule has 0 bridgehead atoms. The average Bonchev–Trinajstić information content (AvgIpc) is 2.43. The van der Waals surface area contributed by atoms with Crippen LogP contribution < -0.4 is 5.32 Å². The maximum Gasteiger partial charge on any atom is 0.323 e. The first kappa shape index (κ1) is 19.4. The maximum atomic E-state index is 11.3. The van der Waals surface area contributed by atoms with Gasteiger partial charge in [0.25, 0.3) is 0 Å². The fraction of sp³-hybridized carbons (Fsp3) is 0.938. The van der Waals surface area contributed by atoms with Crippen LogP contribution in [0.3, 0.4) is 0 Å². The second-order valence-corrected chi connectivity index (χ2v) is 5.69. The van der Waals surface area contributed by atoms with Crippen LogP contribution in [-0.4, -0.2) is 36.4 Å². The van der Waals surface area contributed by atoms with Gasteiger partial charge in [0.15, 0.2) is 0 Å². The molecule has 0 heterocycles. The van der Waals surface area contributed by atoms with Crippen molar-refractivity contribution in [3.63, 3.8) is 0 Å². The molecule has 0 amide bonds. The molecule has 0 spiro atoms. The lowest BCUT2D eigenvalue weighted by molar-refractivity contribution is -0.144. The third kappa shape index (κ3) is 9.32. The van der Waals surface area contributed by atoms with E-state index in [1.165, 1.54) is 19.3 Å². The van der Waals surface area contributed by atoms with Crippen LogP contribution in [0.5, 0.6) is 0 Å². The highest BCUT2D eigenvalue weighted by atomic mass is 16.5. The van der Waals surface area contributed by atoms with Crippen molar-refractivity contribution in [3.8, 4) is 0 Å². The van der Waals surface area contributed by atoms with Crippen molar-refractivity contribution in [2.24, 2.45) is 0 Å². The zero-order chi connectivity index (χ0) is 15.3. The fourth-order valence-corrected chi connectivity index (χ4v) is 2.09. The normalized spacial score (nSPS) is 14.2. The minimum Gasteiger partial charge on any atom is -0.480 e. The van der Waals surface area contributed by atoms with Gasteiger partial charge in [-0.3, -0.25) is 4.79 Å². The predicted molar refractivity (Wildman–Crippen MR) is 83.1 cm³/mol. The summed E-state index contributed by atoms with van der Waals surface area (Å²) in [5.74, 6) is -0.758.